The number of rotatable bonds is 9. The molecule has 2 heterocycles. The normalized spacial score (nSPS) is 11.1. The number of nitrogens with one attached hydrogen (secondary N) is 1. The molecule has 0 radical (unpaired) electrons. The van der Waals surface area contributed by atoms with Crippen LogP contribution in [0.3, 0.4) is 0 Å². The Morgan fingerprint density at radius 2 is 1.71 bits per heavy atom. The molecule has 184 valence electrons. The Morgan fingerprint density at radius 3 is 2.29 bits per heavy atom. The first kappa shape index (κ1) is 25.6. The Kier molecular flexibility index (Phi) is 8.02. The second-order valence-corrected chi connectivity index (χ2v) is 9.82. The lowest BCUT2D eigenvalue weighted by Crippen LogP contribution is -2.15. The summed E-state index contributed by atoms with van der Waals surface area (Å²) in [7, 11) is -2.04. The lowest BCUT2D eigenvalue weighted by molar-refractivity contribution is -0.139. The first-order valence-corrected chi connectivity index (χ1v) is 12.4. The summed E-state index contributed by atoms with van der Waals surface area (Å²) in [5, 5.41) is 2.68. The van der Waals surface area contributed by atoms with Crippen LogP contribution in [0.2, 0.25) is 0 Å². The van der Waals surface area contributed by atoms with Crippen LogP contribution in [0, 0.1) is 0 Å². The van der Waals surface area contributed by atoms with E-state index in [2.05, 4.69) is 20.0 Å². The van der Waals surface area contributed by atoms with Crippen LogP contribution in [0.1, 0.15) is 29.8 Å². The molecule has 1 N–H and O–H groups in total. The van der Waals surface area contributed by atoms with Gasteiger partial charge in [-0.2, -0.15) is 4.98 Å². The van der Waals surface area contributed by atoms with Gasteiger partial charge in [0.2, 0.25) is 11.8 Å². The van der Waals surface area contributed by atoms with Crippen molar-refractivity contribution >= 4 is 27.5 Å². The molecule has 0 fully saturated rings. The summed E-state index contributed by atoms with van der Waals surface area (Å²) in [4.78, 5) is 32.9. The highest BCUT2D eigenvalue weighted by Crippen LogP contribution is 2.26. The number of esters is 1. The number of hydrogen-bond acceptors (Lipinski definition) is 9. The number of carbonyl (C=O) groups is 2. The molecule has 1 aromatic carbocycles. The zero-order chi connectivity index (χ0) is 25.6. The fourth-order valence-corrected chi connectivity index (χ4v) is 3.50. The molecule has 2 aromatic heterocycles. The number of sulfone groups is 1. The molecule has 0 unspecified atom stereocenters. The molecule has 0 saturated carbocycles. The number of aromatic nitrogens is 2. The number of amides is 1. The molecule has 3 aromatic rings. The fraction of sp³-hybridized carbons (Fsp3) is 0.250. The average Bonchev–Trinajstić information content (AvgIpc) is 2.79. The number of ether oxygens (including phenoxy) is 3. The molecular weight excluding hydrogens is 474 g/mol. The van der Waals surface area contributed by atoms with Crippen molar-refractivity contribution in [3.63, 3.8) is 0 Å². The van der Waals surface area contributed by atoms with E-state index in [1.54, 1.807) is 12.1 Å². The van der Waals surface area contributed by atoms with Gasteiger partial charge in [-0.15, -0.1) is 0 Å². The van der Waals surface area contributed by atoms with Crippen molar-refractivity contribution in [2.45, 2.75) is 31.3 Å². The molecule has 35 heavy (non-hydrogen) atoms. The lowest BCUT2D eigenvalue weighted by Gasteiger charge is -2.13. The molecule has 0 atom stereocenters. The van der Waals surface area contributed by atoms with Crippen LogP contribution in [-0.2, 0) is 25.8 Å². The van der Waals surface area contributed by atoms with Crippen molar-refractivity contribution in [3.8, 4) is 17.5 Å². The highest BCUT2D eigenvalue weighted by Gasteiger charge is 2.15. The minimum atomic E-state index is -3.34. The quantitative estimate of drug-likeness (QED) is 0.439. The maximum atomic E-state index is 12.9. The Labute approximate surface area is 203 Å². The summed E-state index contributed by atoms with van der Waals surface area (Å²) in [6.07, 6.45) is 2.46. The highest BCUT2D eigenvalue weighted by atomic mass is 32.2. The van der Waals surface area contributed by atoms with E-state index in [4.69, 9.17) is 9.47 Å². The first-order valence-electron chi connectivity index (χ1n) is 10.5. The standard InChI is InChI=1S/C24H25N3O7S/c1-15(2)33-21-12-17(24(29)26-20-10-5-16(14-25-20)11-23(28)32-3)13-22(27-21)34-18-6-8-19(9-7-18)35(4,30)31/h5-10,12-15H,11H2,1-4H3,(H,25,26,29). The van der Waals surface area contributed by atoms with Gasteiger partial charge in [-0.3, -0.25) is 9.59 Å². The second-order valence-electron chi connectivity index (χ2n) is 7.80. The monoisotopic (exact) mass is 499 g/mol. The van der Waals surface area contributed by atoms with Crippen molar-refractivity contribution in [1.82, 2.24) is 9.97 Å². The Bertz CT molecular complexity index is 1310. The number of hydrogen-bond donors (Lipinski definition) is 1. The number of anilines is 1. The maximum Gasteiger partial charge on any atom is 0.310 e. The van der Waals surface area contributed by atoms with Crippen LogP contribution < -0.4 is 14.8 Å². The number of pyridine rings is 2. The molecule has 0 saturated heterocycles. The SMILES string of the molecule is COC(=O)Cc1ccc(NC(=O)c2cc(Oc3ccc(S(C)(=O)=O)cc3)nc(OC(C)C)c2)nc1. The van der Waals surface area contributed by atoms with Gasteiger partial charge < -0.3 is 19.5 Å². The average molecular weight is 500 g/mol. The van der Waals surface area contributed by atoms with E-state index >= 15 is 0 Å². The minimum Gasteiger partial charge on any atom is -0.475 e. The molecule has 0 aliphatic heterocycles. The van der Waals surface area contributed by atoms with Gasteiger partial charge in [0.15, 0.2) is 9.84 Å². The third-order valence-corrected chi connectivity index (χ3v) is 5.64. The number of nitrogens with zero attached hydrogens (tertiary/aromatic N) is 2. The topological polar surface area (TPSA) is 134 Å². The minimum absolute atomic E-state index is 0.0733. The molecule has 0 spiro atoms. The molecule has 0 aliphatic carbocycles. The first-order chi connectivity index (χ1) is 16.5. The predicted molar refractivity (Wildman–Crippen MR) is 128 cm³/mol. The van der Waals surface area contributed by atoms with Crippen LogP contribution in [0.15, 0.2) is 59.6 Å². The van der Waals surface area contributed by atoms with Gasteiger partial charge in [0.25, 0.3) is 5.91 Å². The van der Waals surface area contributed by atoms with Gasteiger partial charge >= 0.3 is 5.97 Å². The molecule has 11 heteroatoms. The van der Waals surface area contributed by atoms with Crippen molar-refractivity contribution in [2.75, 3.05) is 18.7 Å². The maximum absolute atomic E-state index is 12.9. The van der Waals surface area contributed by atoms with Gasteiger partial charge in [-0.05, 0) is 49.7 Å². The zero-order valence-electron chi connectivity index (χ0n) is 19.6. The van der Waals surface area contributed by atoms with Gasteiger partial charge in [-0.25, -0.2) is 13.4 Å². The van der Waals surface area contributed by atoms with Crippen LogP contribution >= 0.6 is 0 Å². The van der Waals surface area contributed by atoms with Gasteiger partial charge in [0, 0.05) is 24.6 Å². The number of carbonyl (C=O) groups excluding carboxylic acids is 2. The summed E-state index contributed by atoms with van der Waals surface area (Å²) < 4.78 is 39.3. The molecule has 10 nitrogen and oxygen atoms in total. The van der Waals surface area contributed by atoms with E-state index in [1.807, 2.05) is 13.8 Å². The highest BCUT2D eigenvalue weighted by molar-refractivity contribution is 7.90. The number of benzene rings is 1. The van der Waals surface area contributed by atoms with Crippen LogP contribution in [0.5, 0.6) is 17.5 Å². The van der Waals surface area contributed by atoms with E-state index in [-0.39, 0.29) is 40.6 Å². The predicted octanol–water partition coefficient (Wildman–Crippen LogP) is 3.43. The largest absolute Gasteiger partial charge is 0.475 e. The van der Waals surface area contributed by atoms with E-state index < -0.39 is 21.7 Å². The third kappa shape index (κ3) is 7.51. The Morgan fingerprint density at radius 1 is 1.03 bits per heavy atom. The van der Waals surface area contributed by atoms with Gasteiger partial charge in [0.1, 0.15) is 11.6 Å². The summed E-state index contributed by atoms with van der Waals surface area (Å²) in [6.45, 7) is 3.64. The lowest BCUT2D eigenvalue weighted by atomic mass is 10.2. The van der Waals surface area contributed by atoms with E-state index in [9.17, 15) is 18.0 Å². The summed E-state index contributed by atoms with van der Waals surface area (Å²) in [5.74, 6) is 0.00743. The van der Waals surface area contributed by atoms with Crippen molar-refractivity contribution in [1.29, 1.82) is 0 Å². The molecule has 0 aliphatic rings. The van der Waals surface area contributed by atoms with Crippen molar-refractivity contribution in [3.05, 3.63) is 65.9 Å². The molecule has 3 rings (SSSR count). The molecule has 0 bridgehead atoms. The van der Waals surface area contributed by atoms with Crippen LogP contribution in [-0.4, -0.2) is 49.7 Å². The molecular formula is C24H25N3O7S. The van der Waals surface area contributed by atoms with E-state index in [1.165, 1.54) is 49.7 Å². The summed E-state index contributed by atoms with van der Waals surface area (Å²) >= 11 is 0. The molecule has 1 amide bonds. The second kappa shape index (κ2) is 11.0. The van der Waals surface area contributed by atoms with Crippen LogP contribution in [0.4, 0.5) is 5.82 Å². The van der Waals surface area contributed by atoms with Crippen molar-refractivity contribution in [2.24, 2.45) is 0 Å². The van der Waals surface area contributed by atoms with Crippen LogP contribution in [0.25, 0.3) is 0 Å². The smallest absolute Gasteiger partial charge is 0.310 e. The fourth-order valence-electron chi connectivity index (χ4n) is 2.87. The van der Waals surface area contributed by atoms with E-state index in [0.717, 1.165) is 6.26 Å². The van der Waals surface area contributed by atoms with E-state index in [0.29, 0.717) is 11.3 Å². The van der Waals surface area contributed by atoms with Gasteiger partial charge in [-0.1, -0.05) is 6.07 Å². The third-order valence-electron chi connectivity index (χ3n) is 4.51. The summed E-state index contributed by atoms with van der Waals surface area (Å²) in [5.41, 5.74) is 0.850. The zero-order valence-corrected chi connectivity index (χ0v) is 20.5. The van der Waals surface area contributed by atoms with Gasteiger partial charge in [0.05, 0.1) is 30.1 Å². The number of methoxy groups -OCH3 is 1. The Hall–Kier alpha value is -3.99. The summed E-state index contributed by atoms with van der Waals surface area (Å²) in [6, 6.07) is 12.0. The Balaban J connectivity index is 1.81. The van der Waals surface area contributed by atoms with Crippen molar-refractivity contribution < 1.29 is 32.2 Å².